The van der Waals surface area contributed by atoms with E-state index in [1.165, 1.54) is 6.07 Å². The molecular formula is C14H23FN2. The Morgan fingerprint density at radius 2 is 2.06 bits per heavy atom. The summed E-state index contributed by atoms with van der Waals surface area (Å²) >= 11 is 0. The van der Waals surface area contributed by atoms with E-state index in [-0.39, 0.29) is 11.4 Å². The van der Waals surface area contributed by atoms with Gasteiger partial charge in [0.05, 0.1) is 0 Å². The van der Waals surface area contributed by atoms with Crippen LogP contribution in [0.15, 0.2) is 24.3 Å². The molecule has 0 aliphatic carbocycles. The van der Waals surface area contributed by atoms with E-state index in [1.807, 2.05) is 6.07 Å². The van der Waals surface area contributed by atoms with Gasteiger partial charge in [-0.25, -0.2) is 4.39 Å². The van der Waals surface area contributed by atoms with E-state index >= 15 is 0 Å². The van der Waals surface area contributed by atoms with E-state index in [1.54, 1.807) is 12.1 Å². The van der Waals surface area contributed by atoms with E-state index in [9.17, 15) is 4.39 Å². The van der Waals surface area contributed by atoms with Crippen molar-refractivity contribution < 1.29 is 4.39 Å². The third-order valence-electron chi connectivity index (χ3n) is 3.61. The topological polar surface area (TPSA) is 29.3 Å². The molecule has 1 aromatic carbocycles. The zero-order valence-corrected chi connectivity index (χ0v) is 11.0. The quantitative estimate of drug-likeness (QED) is 0.825. The molecule has 0 spiro atoms. The lowest BCUT2D eigenvalue weighted by atomic mass is 9.95. The second-order valence-corrected chi connectivity index (χ2v) is 4.70. The van der Waals surface area contributed by atoms with Crippen LogP contribution in [0.1, 0.15) is 32.8 Å². The van der Waals surface area contributed by atoms with Crippen LogP contribution >= 0.6 is 0 Å². The Balaban J connectivity index is 2.83. The van der Waals surface area contributed by atoms with Crippen molar-refractivity contribution in [3.63, 3.8) is 0 Å². The van der Waals surface area contributed by atoms with Gasteiger partial charge in [-0.3, -0.25) is 4.90 Å². The van der Waals surface area contributed by atoms with Crippen molar-refractivity contribution in [1.82, 2.24) is 4.90 Å². The summed E-state index contributed by atoms with van der Waals surface area (Å²) in [6, 6.07) is 6.78. The molecule has 0 radical (unpaired) electrons. The van der Waals surface area contributed by atoms with E-state index in [0.29, 0.717) is 6.54 Å². The highest BCUT2D eigenvalue weighted by atomic mass is 19.1. The van der Waals surface area contributed by atoms with Gasteiger partial charge in [-0.15, -0.1) is 0 Å². The second kappa shape index (κ2) is 6.12. The largest absolute Gasteiger partial charge is 0.329 e. The predicted octanol–water partition coefficient (Wildman–Crippen LogP) is 2.78. The first-order valence-electron chi connectivity index (χ1n) is 6.25. The predicted molar refractivity (Wildman–Crippen MR) is 70.2 cm³/mol. The first-order valence-corrected chi connectivity index (χ1v) is 6.25. The van der Waals surface area contributed by atoms with Gasteiger partial charge in [0.2, 0.25) is 0 Å². The number of likely N-dealkylation sites (N-methyl/N-ethyl adjacent to an activating group) is 1. The summed E-state index contributed by atoms with van der Waals surface area (Å²) in [7, 11) is 0. The summed E-state index contributed by atoms with van der Waals surface area (Å²) < 4.78 is 13.1. The Kier molecular flexibility index (Phi) is 5.09. The molecule has 0 amide bonds. The van der Waals surface area contributed by atoms with Gasteiger partial charge < -0.3 is 5.73 Å². The van der Waals surface area contributed by atoms with E-state index < -0.39 is 0 Å². The normalized spacial score (nSPS) is 14.9. The van der Waals surface area contributed by atoms with Gasteiger partial charge in [-0.1, -0.05) is 26.0 Å². The number of benzene rings is 1. The highest BCUT2D eigenvalue weighted by Crippen LogP contribution is 2.20. The number of halogens is 1. The minimum absolute atomic E-state index is 0.0128. The monoisotopic (exact) mass is 238 g/mol. The highest BCUT2D eigenvalue weighted by molar-refractivity contribution is 5.16. The van der Waals surface area contributed by atoms with Gasteiger partial charge >= 0.3 is 0 Å². The van der Waals surface area contributed by atoms with Crippen molar-refractivity contribution in [2.45, 2.75) is 39.3 Å². The Morgan fingerprint density at radius 1 is 1.35 bits per heavy atom. The lowest BCUT2D eigenvalue weighted by Gasteiger charge is -2.39. The molecule has 2 nitrogen and oxygen atoms in total. The smallest absolute Gasteiger partial charge is 0.123 e. The Bertz CT molecular complexity index is 348. The molecule has 96 valence electrons. The Labute approximate surface area is 104 Å². The fraction of sp³-hybridized carbons (Fsp3) is 0.571. The van der Waals surface area contributed by atoms with Crippen molar-refractivity contribution in [2.24, 2.45) is 5.73 Å². The van der Waals surface area contributed by atoms with Gasteiger partial charge in [-0.05, 0) is 37.6 Å². The molecular weight excluding hydrogens is 215 g/mol. The van der Waals surface area contributed by atoms with Gasteiger partial charge in [0.1, 0.15) is 5.82 Å². The van der Waals surface area contributed by atoms with Crippen LogP contribution in [0, 0.1) is 5.82 Å². The summed E-state index contributed by atoms with van der Waals surface area (Å²) in [4.78, 5) is 2.31. The standard InChI is InChI=1S/C14H23FN2/c1-4-14(3,11-16)17(5-2)10-12-7-6-8-13(15)9-12/h6-9H,4-5,10-11,16H2,1-3H3. The molecule has 1 aromatic rings. The highest BCUT2D eigenvalue weighted by Gasteiger charge is 2.27. The van der Waals surface area contributed by atoms with E-state index in [0.717, 1.165) is 25.1 Å². The van der Waals surface area contributed by atoms with Crippen LogP contribution in [0.2, 0.25) is 0 Å². The fourth-order valence-electron chi connectivity index (χ4n) is 2.04. The summed E-state index contributed by atoms with van der Waals surface area (Å²) in [5.74, 6) is -0.176. The third kappa shape index (κ3) is 3.51. The summed E-state index contributed by atoms with van der Waals surface area (Å²) in [5.41, 5.74) is 6.85. The lowest BCUT2D eigenvalue weighted by Crippen LogP contribution is -2.50. The maximum absolute atomic E-state index is 13.1. The van der Waals surface area contributed by atoms with Crippen LogP contribution in [-0.2, 0) is 6.54 Å². The van der Waals surface area contributed by atoms with Gasteiger partial charge in [0, 0.05) is 18.6 Å². The third-order valence-corrected chi connectivity index (χ3v) is 3.61. The number of hydrogen-bond acceptors (Lipinski definition) is 2. The minimum Gasteiger partial charge on any atom is -0.329 e. The molecule has 1 unspecified atom stereocenters. The van der Waals surface area contributed by atoms with E-state index in [2.05, 4.69) is 25.7 Å². The molecule has 0 aromatic heterocycles. The van der Waals surface area contributed by atoms with Crippen LogP contribution in [-0.4, -0.2) is 23.5 Å². The molecule has 0 bridgehead atoms. The van der Waals surface area contributed by atoms with Gasteiger partial charge in [0.15, 0.2) is 0 Å². The molecule has 0 aliphatic rings. The molecule has 0 aliphatic heterocycles. The SMILES string of the molecule is CCN(Cc1cccc(F)c1)C(C)(CC)CN. The zero-order valence-electron chi connectivity index (χ0n) is 11.0. The number of rotatable bonds is 6. The van der Waals surface area contributed by atoms with Gasteiger partial charge in [-0.2, -0.15) is 0 Å². The molecule has 0 heterocycles. The average Bonchev–Trinajstić information content (AvgIpc) is 2.35. The van der Waals surface area contributed by atoms with Crippen molar-refractivity contribution in [2.75, 3.05) is 13.1 Å². The van der Waals surface area contributed by atoms with Crippen molar-refractivity contribution >= 4 is 0 Å². The van der Waals surface area contributed by atoms with E-state index in [4.69, 9.17) is 5.73 Å². The molecule has 0 fully saturated rings. The first kappa shape index (κ1) is 14.1. The molecule has 17 heavy (non-hydrogen) atoms. The second-order valence-electron chi connectivity index (χ2n) is 4.70. The summed E-state index contributed by atoms with van der Waals surface area (Å²) in [6.07, 6.45) is 0.993. The molecule has 0 saturated carbocycles. The van der Waals surface area contributed by atoms with Crippen LogP contribution in [0.3, 0.4) is 0 Å². The van der Waals surface area contributed by atoms with Crippen molar-refractivity contribution in [3.05, 3.63) is 35.6 Å². The first-order chi connectivity index (χ1) is 8.05. The zero-order chi connectivity index (χ0) is 12.9. The Morgan fingerprint density at radius 3 is 2.53 bits per heavy atom. The summed E-state index contributed by atoms with van der Waals surface area (Å²) in [5, 5.41) is 0. The molecule has 0 saturated heterocycles. The average molecular weight is 238 g/mol. The van der Waals surface area contributed by atoms with Crippen LogP contribution in [0.4, 0.5) is 4.39 Å². The molecule has 1 rings (SSSR count). The number of hydrogen-bond donors (Lipinski definition) is 1. The van der Waals surface area contributed by atoms with Crippen LogP contribution < -0.4 is 5.73 Å². The van der Waals surface area contributed by atoms with Crippen LogP contribution in [0.25, 0.3) is 0 Å². The number of nitrogens with two attached hydrogens (primary N) is 1. The van der Waals surface area contributed by atoms with Crippen molar-refractivity contribution in [1.29, 1.82) is 0 Å². The van der Waals surface area contributed by atoms with Gasteiger partial charge in [0.25, 0.3) is 0 Å². The van der Waals surface area contributed by atoms with Crippen LogP contribution in [0.5, 0.6) is 0 Å². The lowest BCUT2D eigenvalue weighted by molar-refractivity contribution is 0.104. The van der Waals surface area contributed by atoms with Crippen molar-refractivity contribution in [3.8, 4) is 0 Å². The minimum atomic E-state index is -0.176. The maximum Gasteiger partial charge on any atom is 0.123 e. The Hall–Kier alpha value is -0.930. The molecule has 1 atom stereocenters. The molecule has 3 heteroatoms. The number of nitrogens with zero attached hydrogens (tertiary/aromatic N) is 1. The fourth-order valence-corrected chi connectivity index (χ4v) is 2.04. The summed E-state index contributed by atoms with van der Waals surface area (Å²) in [6.45, 7) is 8.69. The molecule has 2 N–H and O–H groups in total. The maximum atomic E-state index is 13.1.